The largest absolute Gasteiger partial charge is 0.235 e. The van der Waals surface area contributed by atoms with Crippen molar-refractivity contribution in [3.8, 4) is 0 Å². The van der Waals surface area contributed by atoms with Crippen molar-refractivity contribution in [2.45, 2.75) is 44.7 Å². The van der Waals surface area contributed by atoms with Gasteiger partial charge < -0.3 is 0 Å². The average Bonchev–Trinajstić information content (AvgIpc) is 2.86. The van der Waals surface area contributed by atoms with Crippen LogP contribution in [-0.2, 0) is 9.59 Å². The van der Waals surface area contributed by atoms with Gasteiger partial charge in [0.2, 0.25) is 12.2 Å². The third-order valence-electron chi connectivity index (χ3n) is 4.03. The van der Waals surface area contributed by atoms with E-state index in [0.717, 1.165) is 25.7 Å². The molecule has 0 aromatic heterocycles. The second kappa shape index (κ2) is 4.79. The van der Waals surface area contributed by atoms with E-state index < -0.39 is 0 Å². The Bertz CT molecular complexity index is 419. The van der Waals surface area contributed by atoms with Crippen molar-refractivity contribution in [2.75, 3.05) is 0 Å². The highest BCUT2D eigenvalue weighted by Crippen LogP contribution is 2.54. The Morgan fingerprint density at radius 3 is 2.76 bits per heavy atom. The van der Waals surface area contributed by atoms with Gasteiger partial charge >= 0.3 is 0 Å². The quantitative estimate of drug-likeness (QED) is 0.414. The summed E-state index contributed by atoms with van der Waals surface area (Å²) >= 11 is 0. The second-order valence-electron chi connectivity index (χ2n) is 4.94. The Hall–Kier alpha value is -1.50. The van der Waals surface area contributed by atoms with Crippen LogP contribution in [0.15, 0.2) is 22.1 Å². The molecule has 2 bridgehead atoms. The molecule has 4 nitrogen and oxygen atoms in total. The van der Waals surface area contributed by atoms with Gasteiger partial charge in [-0.2, -0.15) is 9.98 Å². The molecule has 4 heteroatoms. The average molecular weight is 232 g/mol. The molecule has 0 saturated heterocycles. The van der Waals surface area contributed by atoms with E-state index in [1.807, 2.05) is 0 Å². The highest BCUT2D eigenvalue weighted by atomic mass is 16.1. The van der Waals surface area contributed by atoms with Gasteiger partial charge in [-0.05, 0) is 12.8 Å². The molecule has 2 rings (SSSR count). The molecule has 4 unspecified atom stereocenters. The molecule has 0 aromatic carbocycles. The molecule has 0 radical (unpaired) electrons. The van der Waals surface area contributed by atoms with Gasteiger partial charge in [0.15, 0.2) is 0 Å². The van der Waals surface area contributed by atoms with Gasteiger partial charge in [0, 0.05) is 11.3 Å². The smallest absolute Gasteiger partial charge is 0.211 e. The molecule has 1 fully saturated rings. The van der Waals surface area contributed by atoms with Crippen molar-refractivity contribution in [1.82, 2.24) is 0 Å². The summed E-state index contributed by atoms with van der Waals surface area (Å²) in [5.41, 5.74) is -0.0803. The molecule has 0 aromatic rings. The zero-order valence-corrected chi connectivity index (χ0v) is 9.93. The number of hydrogen-bond donors (Lipinski definition) is 0. The first kappa shape index (κ1) is 12.0. The first-order valence-electron chi connectivity index (χ1n) is 6.11. The van der Waals surface area contributed by atoms with Gasteiger partial charge in [0.05, 0.1) is 12.1 Å². The fourth-order valence-electron chi connectivity index (χ4n) is 3.25. The summed E-state index contributed by atoms with van der Waals surface area (Å²) in [7, 11) is 0. The summed E-state index contributed by atoms with van der Waals surface area (Å²) in [4.78, 5) is 28.7. The number of carbonyl (C=O) groups excluding carboxylic acids is 2. The highest BCUT2D eigenvalue weighted by Gasteiger charge is 2.55. The topological polar surface area (TPSA) is 58.9 Å². The number of aliphatic imine (C=N–C) groups is 2. The van der Waals surface area contributed by atoms with Crippen LogP contribution in [0.25, 0.3) is 0 Å². The van der Waals surface area contributed by atoms with Gasteiger partial charge in [0.25, 0.3) is 0 Å². The Morgan fingerprint density at radius 1 is 1.35 bits per heavy atom. The number of rotatable bonds is 5. The number of fused-ring (bicyclic) bond motifs is 2. The molecule has 4 atom stereocenters. The van der Waals surface area contributed by atoms with Gasteiger partial charge in [-0.25, -0.2) is 9.59 Å². The number of hydrogen-bond acceptors (Lipinski definition) is 4. The van der Waals surface area contributed by atoms with Crippen molar-refractivity contribution < 1.29 is 9.59 Å². The molecular weight excluding hydrogens is 216 g/mol. The third-order valence-corrected chi connectivity index (χ3v) is 4.03. The Labute approximate surface area is 101 Å². The van der Waals surface area contributed by atoms with Crippen molar-refractivity contribution in [2.24, 2.45) is 21.3 Å². The molecule has 1 saturated carbocycles. The lowest BCUT2D eigenvalue weighted by atomic mass is 9.78. The van der Waals surface area contributed by atoms with Gasteiger partial charge in [-0.1, -0.05) is 31.9 Å². The van der Waals surface area contributed by atoms with Crippen LogP contribution in [0.3, 0.4) is 0 Å². The minimum Gasteiger partial charge on any atom is -0.211 e. The molecule has 0 heterocycles. The van der Waals surface area contributed by atoms with E-state index in [1.165, 1.54) is 0 Å². The van der Waals surface area contributed by atoms with E-state index in [-0.39, 0.29) is 23.4 Å². The highest BCUT2D eigenvalue weighted by molar-refractivity contribution is 5.40. The lowest BCUT2D eigenvalue weighted by molar-refractivity contribution is 0.306. The Balaban J connectivity index is 2.29. The minimum atomic E-state index is -0.219. The predicted molar refractivity (Wildman–Crippen MR) is 63.0 cm³/mol. The predicted octanol–water partition coefficient (Wildman–Crippen LogP) is 2.16. The summed E-state index contributed by atoms with van der Waals surface area (Å²) < 4.78 is 0. The van der Waals surface area contributed by atoms with E-state index in [4.69, 9.17) is 0 Å². The van der Waals surface area contributed by atoms with Gasteiger partial charge in [-0.15, -0.1) is 0 Å². The van der Waals surface area contributed by atoms with Crippen molar-refractivity contribution in [3.63, 3.8) is 0 Å². The standard InChI is InChI=1S/C13H16N2O2/c1-2-3-5-13-6-4-10(7-13)11(14-8-16)12(13)15-9-17/h4,6,10-12H,2-3,5,7H2,1H3. The lowest BCUT2D eigenvalue weighted by Gasteiger charge is -2.30. The van der Waals surface area contributed by atoms with E-state index in [1.54, 1.807) is 12.2 Å². The van der Waals surface area contributed by atoms with Crippen LogP contribution in [0, 0.1) is 11.3 Å². The molecule has 0 amide bonds. The summed E-state index contributed by atoms with van der Waals surface area (Å²) in [5.74, 6) is 0.232. The number of nitrogens with zero attached hydrogens (tertiary/aromatic N) is 2. The molecule has 2 aliphatic rings. The fourth-order valence-corrected chi connectivity index (χ4v) is 3.25. The van der Waals surface area contributed by atoms with E-state index in [9.17, 15) is 9.59 Å². The van der Waals surface area contributed by atoms with E-state index >= 15 is 0 Å². The maximum Gasteiger partial charge on any atom is 0.235 e. The van der Waals surface area contributed by atoms with Crippen LogP contribution >= 0.6 is 0 Å². The molecule has 0 aliphatic heterocycles. The molecular formula is C13H16N2O2. The zero-order chi connectivity index (χ0) is 12.3. The van der Waals surface area contributed by atoms with Crippen LogP contribution in [0.5, 0.6) is 0 Å². The third kappa shape index (κ3) is 1.90. The summed E-state index contributed by atoms with van der Waals surface area (Å²) in [6, 6.07) is -0.432. The first-order valence-corrected chi connectivity index (χ1v) is 6.11. The molecule has 90 valence electrons. The lowest BCUT2D eigenvalue weighted by Crippen LogP contribution is -2.34. The summed E-state index contributed by atoms with van der Waals surface area (Å²) in [6.45, 7) is 2.14. The zero-order valence-electron chi connectivity index (χ0n) is 9.93. The van der Waals surface area contributed by atoms with Crippen LogP contribution in [0.1, 0.15) is 32.6 Å². The normalized spacial score (nSPS) is 37.6. The molecule has 17 heavy (non-hydrogen) atoms. The maximum atomic E-state index is 10.5. The molecule has 0 N–H and O–H groups in total. The Kier molecular flexibility index (Phi) is 3.37. The summed E-state index contributed by atoms with van der Waals surface area (Å²) in [6.07, 6.45) is 11.7. The van der Waals surface area contributed by atoms with Crippen molar-refractivity contribution in [3.05, 3.63) is 12.2 Å². The van der Waals surface area contributed by atoms with Gasteiger partial charge in [-0.3, -0.25) is 0 Å². The minimum absolute atomic E-state index is 0.0803. The Morgan fingerprint density at radius 2 is 2.12 bits per heavy atom. The van der Waals surface area contributed by atoms with E-state index in [0.29, 0.717) is 0 Å². The van der Waals surface area contributed by atoms with Crippen molar-refractivity contribution >= 4 is 12.2 Å². The van der Waals surface area contributed by atoms with Crippen LogP contribution in [-0.4, -0.2) is 24.2 Å². The van der Waals surface area contributed by atoms with Crippen LogP contribution in [0.2, 0.25) is 0 Å². The number of unbranched alkanes of at least 4 members (excludes halogenated alkanes) is 1. The first-order chi connectivity index (χ1) is 8.27. The van der Waals surface area contributed by atoms with Gasteiger partial charge in [0.1, 0.15) is 0 Å². The fraction of sp³-hybridized carbons (Fsp3) is 0.692. The monoisotopic (exact) mass is 232 g/mol. The summed E-state index contributed by atoms with van der Waals surface area (Å²) in [5, 5.41) is 0. The maximum absolute atomic E-state index is 10.5. The van der Waals surface area contributed by atoms with Crippen LogP contribution in [0.4, 0.5) is 0 Å². The van der Waals surface area contributed by atoms with Crippen LogP contribution < -0.4 is 0 Å². The molecule has 2 aliphatic carbocycles. The SMILES string of the molecule is CCCCC12C=CC(C1)C(N=C=O)C2N=C=O. The number of isocyanates is 2. The molecule has 0 spiro atoms. The van der Waals surface area contributed by atoms with E-state index in [2.05, 4.69) is 29.1 Å². The second-order valence-corrected chi connectivity index (χ2v) is 4.94. The van der Waals surface area contributed by atoms with Crippen molar-refractivity contribution in [1.29, 1.82) is 0 Å².